The van der Waals surface area contributed by atoms with Crippen LogP contribution in [0.15, 0.2) is 18.3 Å². The summed E-state index contributed by atoms with van der Waals surface area (Å²) in [7, 11) is 0. The highest BCUT2D eigenvalue weighted by atomic mass is 16.4. The monoisotopic (exact) mass is 278 g/mol. The Balaban J connectivity index is 2.21. The summed E-state index contributed by atoms with van der Waals surface area (Å²) in [4.78, 5) is 25.6. The second-order valence-corrected chi connectivity index (χ2v) is 5.33. The van der Waals surface area contributed by atoms with Crippen LogP contribution in [0.5, 0.6) is 0 Å². The predicted molar refractivity (Wildman–Crippen MR) is 75.6 cm³/mol. The number of aliphatic carboxylic acids is 1. The van der Waals surface area contributed by atoms with E-state index in [-0.39, 0.29) is 5.91 Å². The van der Waals surface area contributed by atoms with Gasteiger partial charge in [-0.25, -0.2) is 4.79 Å². The number of hydrogen-bond acceptors (Lipinski definition) is 2. The molecule has 1 aliphatic heterocycles. The van der Waals surface area contributed by atoms with Crippen molar-refractivity contribution in [3.63, 3.8) is 0 Å². The van der Waals surface area contributed by atoms with Gasteiger partial charge in [-0.15, -0.1) is 0 Å². The third kappa shape index (κ3) is 2.71. The Morgan fingerprint density at radius 1 is 1.40 bits per heavy atom. The molecule has 0 spiro atoms. The number of carboxylic acids is 1. The van der Waals surface area contributed by atoms with Crippen molar-refractivity contribution in [3.8, 4) is 0 Å². The smallest absolute Gasteiger partial charge is 0.326 e. The van der Waals surface area contributed by atoms with Crippen LogP contribution in [0.2, 0.25) is 0 Å². The molecule has 1 aromatic heterocycles. The second-order valence-electron chi connectivity index (χ2n) is 5.33. The average Bonchev–Trinajstić information content (AvgIpc) is 2.94. The second kappa shape index (κ2) is 6.11. The molecule has 2 heterocycles. The lowest BCUT2D eigenvalue weighted by Gasteiger charge is -2.37. The zero-order valence-electron chi connectivity index (χ0n) is 12.1. The maximum absolute atomic E-state index is 12.6. The number of nitrogens with zero attached hydrogens (tertiary/aromatic N) is 2. The first-order valence-electron chi connectivity index (χ1n) is 7.27. The fourth-order valence-corrected chi connectivity index (χ4v) is 2.92. The van der Waals surface area contributed by atoms with Crippen LogP contribution in [-0.4, -0.2) is 39.0 Å². The van der Waals surface area contributed by atoms with E-state index in [9.17, 15) is 14.7 Å². The first kappa shape index (κ1) is 14.6. The van der Waals surface area contributed by atoms with Crippen LogP contribution < -0.4 is 0 Å². The number of amides is 1. The zero-order valence-corrected chi connectivity index (χ0v) is 12.1. The SMILES string of the molecule is CCC1CCN(C(=O)c2cccn2CC)C(C(=O)O)C1. The summed E-state index contributed by atoms with van der Waals surface area (Å²) < 4.78 is 1.85. The summed E-state index contributed by atoms with van der Waals surface area (Å²) in [5.41, 5.74) is 0.577. The molecule has 0 aliphatic carbocycles. The van der Waals surface area contributed by atoms with E-state index in [4.69, 9.17) is 0 Å². The standard InChI is InChI=1S/C15H22N2O3/c1-3-11-7-9-17(13(10-11)15(19)20)14(18)12-6-5-8-16(12)4-2/h5-6,8,11,13H,3-4,7,9-10H2,1-2H3,(H,19,20). The van der Waals surface area contributed by atoms with Crippen molar-refractivity contribution < 1.29 is 14.7 Å². The van der Waals surface area contributed by atoms with E-state index in [1.165, 1.54) is 4.90 Å². The molecule has 5 nitrogen and oxygen atoms in total. The van der Waals surface area contributed by atoms with Crippen molar-refractivity contribution in [3.05, 3.63) is 24.0 Å². The predicted octanol–water partition coefficient (Wildman–Crippen LogP) is 2.22. The molecule has 1 aromatic rings. The minimum absolute atomic E-state index is 0.168. The van der Waals surface area contributed by atoms with Crippen LogP contribution in [0, 0.1) is 5.92 Å². The molecule has 2 rings (SSSR count). The highest BCUT2D eigenvalue weighted by Crippen LogP contribution is 2.27. The number of aromatic nitrogens is 1. The summed E-state index contributed by atoms with van der Waals surface area (Å²) >= 11 is 0. The zero-order chi connectivity index (χ0) is 14.7. The van der Waals surface area contributed by atoms with E-state index in [1.807, 2.05) is 23.8 Å². The molecule has 1 aliphatic rings. The Kier molecular flexibility index (Phi) is 4.47. The van der Waals surface area contributed by atoms with E-state index >= 15 is 0 Å². The number of aryl methyl sites for hydroxylation is 1. The highest BCUT2D eigenvalue weighted by molar-refractivity contribution is 5.95. The van der Waals surface area contributed by atoms with Crippen molar-refractivity contribution in [1.82, 2.24) is 9.47 Å². The lowest BCUT2D eigenvalue weighted by molar-refractivity contribution is -0.144. The number of piperidine rings is 1. The maximum atomic E-state index is 12.6. The molecule has 5 heteroatoms. The van der Waals surface area contributed by atoms with Crippen molar-refractivity contribution in [2.45, 2.75) is 45.7 Å². The number of likely N-dealkylation sites (tertiary alicyclic amines) is 1. The fraction of sp³-hybridized carbons (Fsp3) is 0.600. The van der Waals surface area contributed by atoms with Crippen LogP contribution in [-0.2, 0) is 11.3 Å². The van der Waals surface area contributed by atoms with Crippen LogP contribution in [0.25, 0.3) is 0 Å². The molecule has 1 fully saturated rings. The topological polar surface area (TPSA) is 62.5 Å². The van der Waals surface area contributed by atoms with Crippen molar-refractivity contribution in [2.75, 3.05) is 6.54 Å². The summed E-state index contributed by atoms with van der Waals surface area (Å²) in [5.74, 6) is -0.664. The molecule has 20 heavy (non-hydrogen) atoms. The molecule has 0 radical (unpaired) electrons. The van der Waals surface area contributed by atoms with Gasteiger partial charge in [-0.05, 0) is 37.8 Å². The van der Waals surface area contributed by atoms with Crippen LogP contribution in [0.3, 0.4) is 0 Å². The number of carbonyl (C=O) groups is 2. The first-order chi connectivity index (χ1) is 9.58. The Morgan fingerprint density at radius 2 is 2.15 bits per heavy atom. The molecular weight excluding hydrogens is 256 g/mol. The molecule has 2 atom stereocenters. The van der Waals surface area contributed by atoms with Crippen molar-refractivity contribution in [2.24, 2.45) is 5.92 Å². The number of carboxylic acid groups (broad SMARTS) is 1. The first-order valence-corrected chi connectivity index (χ1v) is 7.27. The number of carbonyl (C=O) groups excluding carboxylic acids is 1. The van der Waals surface area contributed by atoms with Crippen LogP contribution >= 0.6 is 0 Å². The average molecular weight is 278 g/mol. The summed E-state index contributed by atoms with van der Waals surface area (Å²) in [6, 6.07) is 2.89. The molecule has 110 valence electrons. The largest absolute Gasteiger partial charge is 0.480 e. The molecule has 1 saturated heterocycles. The van der Waals surface area contributed by atoms with E-state index in [0.29, 0.717) is 31.1 Å². The Morgan fingerprint density at radius 3 is 2.75 bits per heavy atom. The summed E-state index contributed by atoms with van der Waals surface area (Å²) in [5, 5.41) is 9.39. The van der Waals surface area contributed by atoms with Gasteiger partial charge in [0.05, 0.1) is 0 Å². The van der Waals surface area contributed by atoms with Crippen LogP contribution in [0.4, 0.5) is 0 Å². The summed E-state index contributed by atoms with van der Waals surface area (Å²) in [6.07, 6.45) is 4.27. The van der Waals surface area contributed by atoms with Gasteiger partial charge < -0.3 is 14.6 Å². The number of hydrogen-bond donors (Lipinski definition) is 1. The molecule has 0 saturated carbocycles. The third-order valence-electron chi connectivity index (χ3n) is 4.22. The van der Waals surface area contributed by atoms with Crippen molar-refractivity contribution >= 4 is 11.9 Å². The molecule has 1 amide bonds. The Bertz CT molecular complexity index is 495. The van der Waals surface area contributed by atoms with Gasteiger partial charge in [-0.3, -0.25) is 4.79 Å². The highest BCUT2D eigenvalue weighted by Gasteiger charge is 2.36. The Labute approximate surface area is 119 Å². The fourth-order valence-electron chi connectivity index (χ4n) is 2.92. The number of rotatable bonds is 4. The molecule has 0 aromatic carbocycles. The minimum Gasteiger partial charge on any atom is -0.480 e. The molecule has 1 N–H and O–H groups in total. The maximum Gasteiger partial charge on any atom is 0.326 e. The van der Waals surface area contributed by atoms with Gasteiger partial charge in [0, 0.05) is 19.3 Å². The Hall–Kier alpha value is -1.78. The van der Waals surface area contributed by atoms with Crippen LogP contribution in [0.1, 0.15) is 43.6 Å². The van der Waals surface area contributed by atoms with Crippen molar-refractivity contribution in [1.29, 1.82) is 0 Å². The van der Waals surface area contributed by atoms with Gasteiger partial charge in [-0.1, -0.05) is 13.3 Å². The minimum atomic E-state index is -0.897. The van der Waals surface area contributed by atoms with Gasteiger partial charge in [-0.2, -0.15) is 0 Å². The van der Waals surface area contributed by atoms with Gasteiger partial charge in [0.15, 0.2) is 0 Å². The lowest BCUT2D eigenvalue weighted by Crippen LogP contribution is -2.50. The summed E-state index contributed by atoms with van der Waals surface area (Å²) in [6.45, 7) is 5.28. The van der Waals surface area contributed by atoms with E-state index in [2.05, 4.69) is 6.92 Å². The van der Waals surface area contributed by atoms with Gasteiger partial charge >= 0.3 is 5.97 Å². The lowest BCUT2D eigenvalue weighted by atomic mass is 9.88. The molecule has 0 bridgehead atoms. The van der Waals surface area contributed by atoms with Gasteiger partial charge in [0.2, 0.25) is 0 Å². The van der Waals surface area contributed by atoms with E-state index < -0.39 is 12.0 Å². The third-order valence-corrected chi connectivity index (χ3v) is 4.22. The van der Waals surface area contributed by atoms with Gasteiger partial charge in [0.1, 0.15) is 11.7 Å². The quantitative estimate of drug-likeness (QED) is 0.918. The molecular formula is C15H22N2O3. The van der Waals surface area contributed by atoms with E-state index in [1.54, 1.807) is 6.07 Å². The van der Waals surface area contributed by atoms with Gasteiger partial charge in [0.25, 0.3) is 5.91 Å². The molecule has 2 unspecified atom stereocenters. The van der Waals surface area contributed by atoms with E-state index in [0.717, 1.165) is 12.8 Å². The normalized spacial score (nSPS) is 22.8.